The Morgan fingerprint density at radius 1 is 0.929 bits per heavy atom. The van der Waals surface area contributed by atoms with Gasteiger partial charge in [-0.05, 0) is 42.8 Å². The molecule has 6 heteroatoms. The summed E-state index contributed by atoms with van der Waals surface area (Å²) >= 11 is 5.88. The summed E-state index contributed by atoms with van der Waals surface area (Å²) in [6.07, 6.45) is 7.21. The van der Waals surface area contributed by atoms with E-state index in [1.165, 1.54) is 43.9 Å². The van der Waals surface area contributed by atoms with E-state index in [1.54, 1.807) is 24.3 Å². The lowest BCUT2D eigenvalue weighted by Gasteiger charge is -2.08. The van der Waals surface area contributed by atoms with Crippen molar-refractivity contribution in [3.63, 3.8) is 0 Å². The van der Waals surface area contributed by atoms with E-state index >= 15 is 0 Å². The molecule has 28 heavy (non-hydrogen) atoms. The van der Waals surface area contributed by atoms with Crippen LogP contribution in [0.25, 0.3) is 0 Å². The fraction of sp³-hybridized carbons (Fsp3) is 0.364. The highest BCUT2D eigenvalue weighted by Crippen LogP contribution is 2.23. The van der Waals surface area contributed by atoms with Crippen molar-refractivity contribution in [3.8, 4) is 11.5 Å². The molecule has 0 fully saturated rings. The molecule has 0 aliphatic rings. The Morgan fingerprint density at radius 2 is 1.57 bits per heavy atom. The molecule has 2 aromatic rings. The predicted octanol–water partition coefficient (Wildman–Crippen LogP) is 6.00. The number of ether oxygens (including phenoxy) is 2. The Labute approximate surface area is 170 Å². The maximum atomic E-state index is 12.2. The normalized spacial score (nSPS) is 10.5. The molecule has 5 nitrogen and oxygen atoms in total. The fourth-order valence-electron chi connectivity index (χ4n) is 2.66. The van der Waals surface area contributed by atoms with E-state index in [9.17, 15) is 9.59 Å². The first-order valence-electron chi connectivity index (χ1n) is 9.49. The van der Waals surface area contributed by atoms with Crippen molar-refractivity contribution in [2.75, 3.05) is 6.61 Å². The summed E-state index contributed by atoms with van der Waals surface area (Å²) in [5.41, 5.74) is 0.318. The van der Waals surface area contributed by atoms with Gasteiger partial charge in [-0.3, -0.25) is 0 Å². The summed E-state index contributed by atoms with van der Waals surface area (Å²) in [6.45, 7) is 2.86. The van der Waals surface area contributed by atoms with Crippen LogP contribution in [-0.4, -0.2) is 23.7 Å². The van der Waals surface area contributed by atoms with Crippen molar-refractivity contribution in [2.45, 2.75) is 45.4 Å². The van der Waals surface area contributed by atoms with Gasteiger partial charge in [-0.1, -0.05) is 50.6 Å². The maximum Gasteiger partial charge on any atom is 0.343 e. The third-order valence-corrected chi connectivity index (χ3v) is 4.55. The molecule has 0 saturated heterocycles. The number of aromatic carboxylic acids is 1. The quantitative estimate of drug-likeness (QED) is 0.282. The third-order valence-electron chi connectivity index (χ3n) is 4.24. The van der Waals surface area contributed by atoms with E-state index in [1.807, 2.05) is 0 Å². The fourth-order valence-corrected chi connectivity index (χ4v) is 2.91. The van der Waals surface area contributed by atoms with Gasteiger partial charge in [0.1, 0.15) is 11.5 Å². The van der Waals surface area contributed by atoms with Gasteiger partial charge in [0.25, 0.3) is 0 Å². The number of carbonyl (C=O) groups is 2. The number of carboxylic acid groups (broad SMARTS) is 1. The molecule has 1 N–H and O–H groups in total. The monoisotopic (exact) mass is 404 g/mol. The summed E-state index contributed by atoms with van der Waals surface area (Å²) in [4.78, 5) is 23.2. The first kappa shape index (κ1) is 21.8. The van der Waals surface area contributed by atoms with E-state index in [0.29, 0.717) is 17.9 Å². The predicted molar refractivity (Wildman–Crippen MR) is 109 cm³/mol. The van der Waals surface area contributed by atoms with Crippen LogP contribution in [0.1, 0.15) is 66.2 Å². The van der Waals surface area contributed by atoms with E-state index < -0.39 is 11.9 Å². The summed E-state index contributed by atoms with van der Waals surface area (Å²) in [5.74, 6) is -0.802. The van der Waals surface area contributed by atoms with Gasteiger partial charge in [-0.2, -0.15) is 0 Å². The molecule has 0 heterocycles. The van der Waals surface area contributed by atoms with Crippen LogP contribution in [0.5, 0.6) is 11.5 Å². The smallest absolute Gasteiger partial charge is 0.343 e. The van der Waals surface area contributed by atoms with Gasteiger partial charge in [0, 0.05) is 6.07 Å². The van der Waals surface area contributed by atoms with Crippen molar-refractivity contribution in [1.29, 1.82) is 0 Å². The van der Waals surface area contributed by atoms with Gasteiger partial charge in [0.2, 0.25) is 0 Å². The lowest BCUT2D eigenvalue weighted by atomic mass is 10.1. The molecule has 0 saturated carbocycles. The number of hydrogen-bond acceptors (Lipinski definition) is 4. The van der Waals surface area contributed by atoms with Gasteiger partial charge in [0.15, 0.2) is 0 Å². The molecule has 0 aliphatic carbocycles. The van der Waals surface area contributed by atoms with Crippen LogP contribution >= 0.6 is 11.6 Å². The zero-order valence-corrected chi connectivity index (χ0v) is 16.7. The van der Waals surface area contributed by atoms with E-state index in [-0.39, 0.29) is 16.3 Å². The number of carbonyl (C=O) groups excluding carboxylic acids is 1. The van der Waals surface area contributed by atoms with Gasteiger partial charge in [-0.15, -0.1) is 0 Å². The van der Waals surface area contributed by atoms with Crippen LogP contribution in [-0.2, 0) is 0 Å². The second-order valence-corrected chi connectivity index (χ2v) is 6.88. The number of halogens is 1. The molecule has 0 atom stereocenters. The number of rotatable bonds is 11. The minimum atomic E-state index is -1.14. The van der Waals surface area contributed by atoms with E-state index in [0.717, 1.165) is 12.8 Å². The topological polar surface area (TPSA) is 72.8 Å². The van der Waals surface area contributed by atoms with Crippen molar-refractivity contribution in [3.05, 3.63) is 58.6 Å². The van der Waals surface area contributed by atoms with Crippen molar-refractivity contribution in [2.24, 2.45) is 0 Å². The standard InChI is InChI=1S/C22H25ClO5/c1-2-3-4-5-6-7-14-27-17-10-8-16(9-11-17)22(26)28-18-12-13-19(21(24)25)20(23)15-18/h8-13,15H,2-7,14H2,1H3,(H,24,25). The second-order valence-electron chi connectivity index (χ2n) is 6.48. The average Bonchev–Trinajstić information content (AvgIpc) is 2.67. The lowest BCUT2D eigenvalue weighted by molar-refractivity contribution is 0.0696. The van der Waals surface area contributed by atoms with Crippen LogP contribution < -0.4 is 9.47 Å². The molecule has 0 spiro atoms. The summed E-state index contributed by atoms with van der Waals surface area (Å²) in [6, 6.07) is 10.7. The number of esters is 1. The number of benzene rings is 2. The SMILES string of the molecule is CCCCCCCCOc1ccc(C(=O)Oc2ccc(C(=O)O)c(Cl)c2)cc1. The average molecular weight is 405 g/mol. The van der Waals surface area contributed by atoms with Crippen molar-refractivity contribution < 1.29 is 24.2 Å². The van der Waals surface area contributed by atoms with Crippen LogP contribution in [0, 0.1) is 0 Å². The zero-order chi connectivity index (χ0) is 20.4. The Morgan fingerprint density at radius 3 is 2.21 bits per heavy atom. The largest absolute Gasteiger partial charge is 0.494 e. The van der Waals surface area contributed by atoms with Crippen LogP contribution in [0.3, 0.4) is 0 Å². The van der Waals surface area contributed by atoms with Crippen LogP contribution in [0.15, 0.2) is 42.5 Å². The molecule has 2 aromatic carbocycles. The minimum absolute atomic E-state index is 0.0104. The highest BCUT2D eigenvalue weighted by molar-refractivity contribution is 6.33. The first-order chi connectivity index (χ1) is 13.5. The van der Waals surface area contributed by atoms with E-state index in [2.05, 4.69) is 6.92 Å². The molecule has 2 rings (SSSR count). The van der Waals surface area contributed by atoms with Crippen LogP contribution in [0.2, 0.25) is 5.02 Å². The molecular weight excluding hydrogens is 380 g/mol. The Bertz CT molecular complexity index is 786. The molecule has 0 radical (unpaired) electrons. The number of carboxylic acids is 1. The van der Waals surface area contributed by atoms with E-state index in [4.69, 9.17) is 26.2 Å². The minimum Gasteiger partial charge on any atom is -0.494 e. The number of hydrogen-bond donors (Lipinski definition) is 1. The molecule has 0 aliphatic heterocycles. The summed E-state index contributed by atoms with van der Waals surface area (Å²) in [5, 5.41) is 8.97. The molecule has 0 amide bonds. The molecule has 0 unspecified atom stereocenters. The van der Waals surface area contributed by atoms with Gasteiger partial charge >= 0.3 is 11.9 Å². The van der Waals surface area contributed by atoms with Crippen molar-refractivity contribution in [1.82, 2.24) is 0 Å². The zero-order valence-electron chi connectivity index (χ0n) is 15.9. The molecule has 0 bridgehead atoms. The Balaban J connectivity index is 1.81. The summed E-state index contributed by atoms with van der Waals surface area (Å²) < 4.78 is 10.9. The first-order valence-corrected chi connectivity index (χ1v) is 9.87. The molecule has 0 aromatic heterocycles. The highest BCUT2D eigenvalue weighted by atomic mass is 35.5. The lowest BCUT2D eigenvalue weighted by Crippen LogP contribution is -2.09. The molecule has 150 valence electrons. The third kappa shape index (κ3) is 6.89. The van der Waals surface area contributed by atoms with Crippen molar-refractivity contribution >= 4 is 23.5 Å². The van der Waals surface area contributed by atoms with Gasteiger partial charge < -0.3 is 14.6 Å². The van der Waals surface area contributed by atoms with Crippen LogP contribution in [0.4, 0.5) is 0 Å². The Kier molecular flexibility index (Phi) is 8.82. The maximum absolute atomic E-state index is 12.2. The van der Waals surface area contributed by atoms with Gasteiger partial charge in [-0.25, -0.2) is 9.59 Å². The molecular formula is C22H25ClO5. The highest BCUT2D eigenvalue weighted by Gasteiger charge is 2.13. The second kappa shape index (κ2) is 11.3. The number of unbranched alkanes of at least 4 members (excludes halogenated alkanes) is 5. The Hall–Kier alpha value is -2.53. The van der Waals surface area contributed by atoms with Gasteiger partial charge in [0.05, 0.1) is 22.8 Å². The summed E-state index contributed by atoms with van der Waals surface area (Å²) in [7, 11) is 0.